The number of rotatable bonds is 6. The Kier molecular flexibility index (Phi) is 8.29. The fourth-order valence-electron chi connectivity index (χ4n) is 1.30. The van der Waals surface area contributed by atoms with Crippen molar-refractivity contribution in [3.05, 3.63) is 0 Å². The van der Waals surface area contributed by atoms with Gasteiger partial charge in [0.15, 0.2) is 0 Å². The molecule has 0 bridgehead atoms. The van der Waals surface area contributed by atoms with Crippen LogP contribution in [0.15, 0.2) is 4.99 Å². The summed E-state index contributed by atoms with van der Waals surface area (Å²) in [6.45, 7) is 6.55. The summed E-state index contributed by atoms with van der Waals surface area (Å²) in [6.07, 6.45) is 6.38. The van der Waals surface area contributed by atoms with Crippen LogP contribution in [0, 0.1) is 0 Å². The number of hydrogen-bond acceptors (Lipinski definition) is 1. The van der Waals surface area contributed by atoms with Crippen molar-refractivity contribution in [1.29, 1.82) is 0 Å². The van der Waals surface area contributed by atoms with Crippen LogP contribution in [0.1, 0.15) is 52.9 Å². The quantitative estimate of drug-likeness (QED) is 0.511. The zero-order valence-electron chi connectivity index (χ0n) is 8.44. The zero-order chi connectivity index (χ0) is 9.40. The van der Waals surface area contributed by atoms with Crippen LogP contribution in [0.4, 0.5) is 0 Å². The lowest BCUT2D eigenvalue weighted by Gasteiger charge is -2.10. The van der Waals surface area contributed by atoms with E-state index in [1.807, 2.05) is 0 Å². The van der Waals surface area contributed by atoms with Gasteiger partial charge in [-0.25, -0.2) is 0 Å². The summed E-state index contributed by atoms with van der Waals surface area (Å²) >= 11 is 2.30. The first-order valence-corrected chi connectivity index (χ1v) is 5.98. The minimum atomic E-state index is 0.590. The van der Waals surface area contributed by atoms with Gasteiger partial charge in [0.1, 0.15) is 0 Å². The van der Waals surface area contributed by atoms with Gasteiger partial charge < -0.3 is 0 Å². The topological polar surface area (TPSA) is 12.4 Å². The molecule has 0 aliphatic heterocycles. The van der Waals surface area contributed by atoms with Gasteiger partial charge in [0, 0.05) is 0 Å². The normalized spacial score (nSPS) is 14.8. The van der Waals surface area contributed by atoms with Crippen LogP contribution in [0.5, 0.6) is 0 Å². The lowest BCUT2D eigenvalue weighted by Crippen LogP contribution is -2.04. The molecule has 72 valence electrons. The Morgan fingerprint density at radius 2 is 1.92 bits per heavy atom. The van der Waals surface area contributed by atoms with E-state index in [1.54, 1.807) is 0 Å². The van der Waals surface area contributed by atoms with Crippen molar-refractivity contribution in [2.75, 3.05) is 0 Å². The van der Waals surface area contributed by atoms with Gasteiger partial charge in [-0.3, -0.25) is 4.99 Å². The van der Waals surface area contributed by atoms with Gasteiger partial charge in [-0.15, -0.1) is 0 Å². The highest BCUT2D eigenvalue weighted by atomic mass is 127. The maximum Gasteiger partial charge on any atom is 0.0701 e. The van der Waals surface area contributed by atoms with E-state index in [2.05, 4.69) is 48.4 Å². The molecule has 1 unspecified atom stereocenters. The summed E-state index contributed by atoms with van der Waals surface area (Å²) in [5, 5.41) is 0. The summed E-state index contributed by atoms with van der Waals surface area (Å²) < 4.78 is 1.20. The molecule has 0 rings (SSSR count). The van der Waals surface area contributed by atoms with Crippen LogP contribution in [0.2, 0.25) is 0 Å². The van der Waals surface area contributed by atoms with Gasteiger partial charge in [-0.1, -0.05) is 33.1 Å². The van der Waals surface area contributed by atoms with Crippen LogP contribution in [0.25, 0.3) is 0 Å². The standard InChI is InChI=1S/C10H20IN/c1-4-6-8-10(7-5-2)12-9(3)11/h10H,4-8H2,1-3H3/b12-9+. The third-order valence-electron chi connectivity index (χ3n) is 1.87. The molecule has 0 aliphatic carbocycles. The van der Waals surface area contributed by atoms with Gasteiger partial charge >= 0.3 is 0 Å². The van der Waals surface area contributed by atoms with Crippen molar-refractivity contribution in [3.63, 3.8) is 0 Å². The first kappa shape index (κ1) is 12.4. The number of hydrogen-bond donors (Lipinski definition) is 0. The molecule has 12 heavy (non-hydrogen) atoms. The summed E-state index contributed by atoms with van der Waals surface area (Å²) in [6, 6.07) is 0.590. The van der Waals surface area contributed by atoms with E-state index in [4.69, 9.17) is 0 Å². The molecule has 0 saturated carbocycles. The monoisotopic (exact) mass is 281 g/mol. The Morgan fingerprint density at radius 3 is 2.33 bits per heavy atom. The largest absolute Gasteiger partial charge is 0.280 e. The first-order valence-electron chi connectivity index (χ1n) is 4.90. The van der Waals surface area contributed by atoms with Crippen molar-refractivity contribution in [3.8, 4) is 0 Å². The fourth-order valence-corrected chi connectivity index (χ4v) is 1.69. The Hall–Kier alpha value is 0.400. The van der Waals surface area contributed by atoms with Crippen LogP contribution >= 0.6 is 22.6 Å². The third-order valence-corrected chi connectivity index (χ3v) is 2.15. The molecule has 0 aromatic carbocycles. The Bertz CT molecular complexity index is 128. The van der Waals surface area contributed by atoms with Crippen molar-refractivity contribution in [2.45, 2.75) is 58.9 Å². The molecule has 0 N–H and O–H groups in total. The van der Waals surface area contributed by atoms with Gasteiger partial charge in [0.25, 0.3) is 0 Å². The third kappa shape index (κ3) is 7.07. The molecule has 2 heteroatoms. The number of halogens is 1. The second-order valence-electron chi connectivity index (χ2n) is 3.21. The maximum atomic E-state index is 4.61. The Morgan fingerprint density at radius 1 is 1.25 bits per heavy atom. The van der Waals surface area contributed by atoms with Gasteiger partial charge in [-0.2, -0.15) is 0 Å². The summed E-state index contributed by atoms with van der Waals surface area (Å²) in [5.74, 6) is 0. The van der Waals surface area contributed by atoms with E-state index in [0.29, 0.717) is 6.04 Å². The van der Waals surface area contributed by atoms with E-state index < -0.39 is 0 Å². The molecule has 0 heterocycles. The minimum Gasteiger partial charge on any atom is -0.280 e. The number of unbranched alkanes of at least 4 members (excludes halogenated alkanes) is 1. The molecule has 0 fully saturated rings. The van der Waals surface area contributed by atoms with Crippen LogP contribution in [0.3, 0.4) is 0 Å². The average molecular weight is 281 g/mol. The highest BCUT2D eigenvalue weighted by molar-refractivity contribution is 14.1. The molecule has 1 nitrogen and oxygen atoms in total. The van der Waals surface area contributed by atoms with Crippen molar-refractivity contribution < 1.29 is 0 Å². The Labute approximate surface area is 90.2 Å². The molecule has 0 amide bonds. The van der Waals surface area contributed by atoms with E-state index in [1.165, 1.54) is 35.8 Å². The fraction of sp³-hybridized carbons (Fsp3) is 0.900. The molecular weight excluding hydrogens is 261 g/mol. The summed E-state index contributed by atoms with van der Waals surface area (Å²) in [5.41, 5.74) is 0. The molecule has 0 aromatic rings. The first-order chi connectivity index (χ1) is 5.70. The highest BCUT2D eigenvalue weighted by Crippen LogP contribution is 2.12. The zero-order valence-corrected chi connectivity index (χ0v) is 10.6. The predicted octanol–water partition coefficient (Wildman–Crippen LogP) is 4.20. The second-order valence-corrected chi connectivity index (χ2v) is 4.77. The molecule has 0 aliphatic rings. The average Bonchev–Trinajstić information content (AvgIpc) is 2.00. The highest BCUT2D eigenvalue weighted by Gasteiger charge is 2.04. The van der Waals surface area contributed by atoms with Crippen molar-refractivity contribution in [1.82, 2.24) is 0 Å². The number of aliphatic imine (C=N–C) groups is 1. The maximum absolute atomic E-state index is 4.61. The van der Waals surface area contributed by atoms with Crippen LogP contribution in [-0.2, 0) is 0 Å². The van der Waals surface area contributed by atoms with Crippen LogP contribution < -0.4 is 0 Å². The van der Waals surface area contributed by atoms with Crippen molar-refractivity contribution in [2.24, 2.45) is 4.99 Å². The van der Waals surface area contributed by atoms with E-state index in [0.717, 1.165) is 0 Å². The van der Waals surface area contributed by atoms with E-state index in [9.17, 15) is 0 Å². The van der Waals surface area contributed by atoms with E-state index in [-0.39, 0.29) is 0 Å². The SMILES string of the molecule is CCCCC(CCC)/N=C(\C)I. The molecule has 1 atom stereocenters. The smallest absolute Gasteiger partial charge is 0.0701 e. The molecule has 0 saturated heterocycles. The molecule has 0 aromatic heterocycles. The van der Waals surface area contributed by atoms with Gasteiger partial charge in [0.05, 0.1) is 9.76 Å². The summed E-state index contributed by atoms with van der Waals surface area (Å²) in [4.78, 5) is 4.61. The van der Waals surface area contributed by atoms with Gasteiger partial charge in [0.2, 0.25) is 0 Å². The van der Waals surface area contributed by atoms with Crippen molar-refractivity contribution >= 4 is 26.3 Å². The van der Waals surface area contributed by atoms with Gasteiger partial charge in [-0.05, 0) is 42.4 Å². The van der Waals surface area contributed by atoms with Crippen LogP contribution in [-0.4, -0.2) is 9.76 Å². The minimum absolute atomic E-state index is 0.590. The second kappa shape index (κ2) is 8.02. The summed E-state index contributed by atoms with van der Waals surface area (Å²) in [7, 11) is 0. The molecule has 0 spiro atoms. The van der Waals surface area contributed by atoms with E-state index >= 15 is 0 Å². The predicted molar refractivity (Wildman–Crippen MR) is 65.4 cm³/mol. The number of nitrogens with zero attached hydrogens (tertiary/aromatic N) is 1. The molecule has 0 radical (unpaired) electrons. The lowest BCUT2D eigenvalue weighted by atomic mass is 10.1. The lowest BCUT2D eigenvalue weighted by molar-refractivity contribution is 0.538. The molecular formula is C10H20IN. The Balaban J connectivity index is 3.78.